The highest BCUT2D eigenvalue weighted by atomic mass is 16.1. The van der Waals surface area contributed by atoms with Crippen LogP contribution in [0.5, 0.6) is 0 Å². The molecule has 0 radical (unpaired) electrons. The quantitative estimate of drug-likeness (QED) is 0.518. The van der Waals surface area contributed by atoms with Crippen LogP contribution in [-0.2, 0) is 13.5 Å². The van der Waals surface area contributed by atoms with E-state index in [1.165, 1.54) is 11.1 Å². The van der Waals surface area contributed by atoms with Crippen LogP contribution in [-0.4, -0.2) is 20.7 Å². The van der Waals surface area contributed by atoms with Crippen molar-refractivity contribution in [1.29, 1.82) is 0 Å². The lowest BCUT2D eigenvalue weighted by Crippen LogP contribution is -2.14. The summed E-state index contributed by atoms with van der Waals surface area (Å²) in [4.78, 5) is 13.0. The van der Waals surface area contributed by atoms with Crippen LogP contribution in [0.25, 0.3) is 22.5 Å². The van der Waals surface area contributed by atoms with E-state index in [1.807, 2.05) is 60.1 Å². The lowest BCUT2D eigenvalue weighted by Gasteiger charge is -2.10. The Labute approximate surface area is 162 Å². The third kappa shape index (κ3) is 2.68. The smallest absolute Gasteiger partial charge is 0.255 e. The molecule has 0 bridgehead atoms. The first-order chi connectivity index (χ1) is 13.7. The molecule has 136 valence electrons. The molecule has 1 amide bonds. The summed E-state index contributed by atoms with van der Waals surface area (Å²) in [7, 11) is 1.89. The first-order valence-electron chi connectivity index (χ1n) is 9.16. The number of aryl methyl sites for hydroxylation is 1. The second-order valence-corrected chi connectivity index (χ2v) is 6.97. The molecule has 1 aliphatic carbocycles. The molecule has 4 aromatic rings. The molecule has 5 heteroatoms. The fourth-order valence-electron chi connectivity index (χ4n) is 3.85. The Hall–Kier alpha value is -3.73. The molecule has 3 aromatic carbocycles. The Morgan fingerprint density at radius 3 is 2.68 bits per heavy atom. The summed E-state index contributed by atoms with van der Waals surface area (Å²) < 4.78 is 1.85. The Balaban J connectivity index is 1.46. The molecule has 0 atom stereocenters. The highest BCUT2D eigenvalue weighted by Crippen LogP contribution is 2.38. The number of hydrogen-bond donors (Lipinski definition) is 1. The van der Waals surface area contributed by atoms with Gasteiger partial charge in [0.25, 0.3) is 5.91 Å². The van der Waals surface area contributed by atoms with Gasteiger partial charge in [0.2, 0.25) is 0 Å². The van der Waals surface area contributed by atoms with Crippen LogP contribution < -0.4 is 5.32 Å². The zero-order valence-corrected chi connectivity index (χ0v) is 15.4. The van der Waals surface area contributed by atoms with Crippen LogP contribution in [0.2, 0.25) is 0 Å². The lowest BCUT2D eigenvalue weighted by molar-refractivity contribution is 0.102. The van der Waals surface area contributed by atoms with E-state index in [4.69, 9.17) is 0 Å². The summed E-state index contributed by atoms with van der Waals surface area (Å²) in [5, 5.41) is 11.1. The molecule has 0 saturated heterocycles. The molecule has 1 N–H and O–H groups in total. The fraction of sp³-hybridized carbons (Fsp3) is 0.0870. The number of nitrogens with zero attached hydrogens (tertiary/aromatic N) is 3. The summed E-state index contributed by atoms with van der Waals surface area (Å²) in [6.45, 7) is 0. The number of nitrogens with one attached hydrogen (secondary N) is 1. The van der Waals surface area contributed by atoms with Crippen molar-refractivity contribution < 1.29 is 4.79 Å². The van der Waals surface area contributed by atoms with Crippen LogP contribution >= 0.6 is 0 Å². The zero-order valence-electron chi connectivity index (χ0n) is 15.4. The molecule has 0 fully saturated rings. The number of carbonyl (C=O) groups is 1. The van der Waals surface area contributed by atoms with E-state index in [1.54, 1.807) is 6.33 Å². The number of fused-ring (bicyclic) bond motifs is 3. The molecule has 1 aromatic heterocycles. The van der Waals surface area contributed by atoms with E-state index in [-0.39, 0.29) is 5.91 Å². The molecule has 28 heavy (non-hydrogen) atoms. The van der Waals surface area contributed by atoms with Gasteiger partial charge in [-0.2, -0.15) is 0 Å². The standard InChI is InChI=1S/C23H18N4O/c1-27-14-24-26-22(27)16-7-4-8-17(12-16)25-23(28)20-11-5-10-19-18-9-3-2-6-15(18)13-21(19)20/h2-12,14H,13H2,1H3,(H,25,28). The second kappa shape index (κ2) is 6.46. The van der Waals surface area contributed by atoms with E-state index in [0.29, 0.717) is 0 Å². The summed E-state index contributed by atoms with van der Waals surface area (Å²) in [5.41, 5.74) is 7.08. The Bertz CT molecular complexity index is 1210. The van der Waals surface area contributed by atoms with Gasteiger partial charge in [0.15, 0.2) is 5.82 Å². The topological polar surface area (TPSA) is 59.8 Å². The van der Waals surface area contributed by atoms with Crippen molar-refractivity contribution in [3.8, 4) is 22.5 Å². The van der Waals surface area contributed by atoms with E-state index in [9.17, 15) is 4.79 Å². The van der Waals surface area contributed by atoms with Gasteiger partial charge in [-0.15, -0.1) is 10.2 Å². The first-order valence-corrected chi connectivity index (χ1v) is 9.16. The van der Waals surface area contributed by atoms with E-state index in [2.05, 4.69) is 33.7 Å². The number of amides is 1. The number of rotatable bonds is 3. The van der Waals surface area contributed by atoms with Gasteiger partial charge < -0.3 is 9.88 Å². The van der Waals surface area contributed by atoms with Crippen LogP contribution in [0, 0.1) is 0 Å². The van der Waals surface area contributed by atoms with Gasteiger partial charge in [-0.25, -0.2) is 0 Å². The van der Waals surface area contributed by atoms with Gasteiger partial charge in [0.05, 0.1) is 0 Å². The molecule has 5 nitrogen and oxygen atoms in total. The third-order valence-corrected chi connectivity index (χ3v) is 5.19. The number of carbonyl (C=O) groups excluding carboxylic acids is 1. The Morgan fingerprint density at radius 2 is 1.82 bits per heavy atom. The number of benzene rings is 3. The fourth-order valence-corrected chi connectivity index (χ4v) is 3.85. The monoisotopic (exact) mass is 366 g/mol. The number of anilines is 1. The van der Waals surface area contributed by atoms with Gasteiger partial charge >= 0.3 is 0 Å². The van der Waals surface area contributed by atoms with Gasteiger partial charge in [0, 0.05) is 23.9 Å². The van der Waals surface area contributed by atoms with Crippen molar-refractivity contribution in [1.82, 2.24) is 14.8 Å². The minimum absolute atomic E-state index is 0.0974. The van der Waals surface area contributed by atoms with Crippen LogP contribution in [0.1, 0.15) is 21.5 Å². The van der Waals surface area contributed by atoms with Crippen molar-refractivity contribution in [2.45, 2.75) is 6.42 Å². The largest absolute Gasteiger partial charge is 0.322 e. The molecule has 0 saturated carbocycles. The SMILES string of the molecule is Cn1cnnc1-c1cccc(NC(=O)c2cccc3c2Cc2ccccc2-3)c1. The maximum Gasteiger partial charge on any atom is 0.255 e. The first kappa shape index (κ1) is 16.4. The van der Waals surface area contributed by atoms with Crippen molar-refractivity contribution in [2.75, 3.05) is 5.32 Å². The van der Waals surface area contributed by atoms with Crippen molar-refractivity contribution >= 4 is 11.6 Å². The molecular weight excluding hydrogens is 348 g/mol. The molecule has 0 aliphatic heterocycles. The summed E-state index contributed by atoms with van der Waals surface area (Å²) in [6.07, 6.45) is 2.44. The number of aromatic nitrogens is 3. The van der Waals surface area contributed by atoms with Crippen molar-refractivity contribution in [3.05, 3.63) is 89.7 Å². The van der Waals surface area contributed by atoms with Gasteiger partial charge in [0.1, 0.15) is 6.33 Å². The summed E-state index contributed by atoms with van der Waals surface area (Å²) >= 11 is 0. The molecule has 0 spiro atoms. The van der Waals surface area contributed by atoms with Crippen molar-refractivity contribution in [2.24, 2.45) is 7.05 Å². The van der Waals surface area contributed by atoms with Gasteiger partial charge in [-0.05, 0) is 46.9 Å². The normalized spacial score (nSPS) is 11.8. The van der Waals surface area contributed by atoms with Crippen LogP contribution in [0.3, 0.4) is 0 Å². The molecule has 1 heterocycles. The van der Waals surface area contributed by atoms with E-state index < -0.39 is 0 Å². The average Bonchev–Trinajstić information content (AvgIpc) is 3.31. The predicted molar refractivity (Wildman–Crippen MR) is 109 cm³/mol. The number of hydrogen-bond acceptors (Lipinski definition) is 3. The van der Waals surface area contributed by atoms with E-state index in [0.717, 1.165) is 40.2 Å². The van der Waals surface area contributed by atoms with Crippen molar-refractivity contribution in [3.63, 3.8) is 0 Å². The highest BCUT2D eigenvalue weighted by molar-refractivity contribution is 6.07. The maximum atomic E-state index is 13.0. The van der Waals surface area contributed by atoms with Gasteiger partial charge in [-0.1, -0.05) is 48.5 Å². The molecule has 1 aliphatic rings. The van der Waals surface area contributed by atoms with Gasteiger partial charge in [-0.3, -0.25) is 4.79 Å². The summed E-state index contributed by atoms with van der Waals surface area (Å²) in [6, 6.07) is 21.9. The Morgan fingerprint density at radius 1 is 1.00 bits per heavy atom. The lowest BCUT2D eigenvalue weighted by atomic mass is 10.0. The third-order valence-electron chi connectivity index (χ3n) is 5.19. The minimum atomic E-state index is -0.0974. The van der Waals surface area contributed by atoms with Crippen LogP contribution in [0.4, 0.5) is 5.69 Å². The Kier molecular flexibility index (Phi) is 3.79. The average molecular weight is 366 g/mol. The summed E-state index contributed by atoms with van der Waals surface area (Å²) in [5.74, 6) is 0.659. The predicted octanol–water partition coefficient (Wildman–Crippen LogP) is 4.31. The molecule has 5 rings (SSSR count). The highest BCUT2D eigenvalue weighted by Gasteiger charge is 2.23. The van der Waals surface area contributed by atoms with Crippen LogP contribution in [0.15, 0.2) is 73.1 Å². The maximum absolute atomic E-state index is 13.0. The molecular formula is C23H18N4O. The second-order valence-electron chi connectivity index (χ2n) is 6.97. The molecule has 0 unspecified atom stereocenters. The zero-order chi connectivity index (χ0) is 19.1. The van der Waals surface area contributed by atoms with E-state index >= 15 is 0 Å². The minimum Gasteiger partial charge on any atom is -0.322 e.